The van der Waals surface area contributed by atoms with Crippen molar-refractivity contribution in [2.45, 2.75) is 84.7 Å². The number of carbonyl (C=O) groups is 5. The van der Waals surface area contributed by atoms with Crippen LogP contribution in [0.4, 0.5) is 0 Å². The first-order valence-electron chi connectivity index (χ1n) is 16.5. The summed E-state index contributed by atoms with van der Waals surface area (Å²) in [6.45, 7) is 10.1. The van der Waals surface area contributed by atoms with E-state index < -0.39 is 75.7 Å². The van der Waals surface area contributed by atoms with Crippen molar-refractivity contribution in [1.29, 1.82) is 0 Å². The SMILES string of the molecule is COC(=O)/C(C)=C1\C(=O)[C@H](O)[C@]2(C)C3=C(C[C@@H]4[C@]5(OC(=O)C(OC(C)=O)=C5C[C@H]5[C@](O)(OC(=O)C=C(C)C)[C@H]6C[C@H]6[C@]45C)[C@H]31)[C@H]1C[C@H]12. The van der Waals surface area contributed by atoms with Crippen LogP contribution in [0.3, 0.4) is 0 Å². The zero-order valence-corrected chi connectivity index (χ0v) is 27.6. The number of fused-ring (bicyclic) bond motifs is 7. The lowest BCUT2D eigenvalue weighted by atomic mass is 9.42. The summed E-state index contributed by atoms with van der Waals surface area (Å²) in [5, 5.41) is 24.1. The highest BCUT2D eigenvalue weighted by Gasteiger charge is 2.85. The van der Waals surface area contributed by atoms with Crippen LogP contribution in [0.1, 0.15) is 67.2 Å². The van der Waals surface area contributed by atoms with Gasteiger partial charge in [0.25, 0.3) is 0 Å². The van der Waals surface area contributed by atoms with Crippen molar-refractivity contribution >= 4 is 29.7 Å². The summed E-state index contributed by atoms with van der Waals surface area (Å²) < 4.78 is 23.1. The van der Waals surface area contributed by atoms with Crippen LogP contribution < -0.4 is 0 Å². The molecule has 250 valence electrons. The van der Waals surface area contributed by atoms with E-state index >= 15 is 0 Å². The van der Waals surface area contributed by atoms with Crippen molar-refractivity contribution in [3.63, 3.8) is 0 Å². The Morgan fingerprint density at radius 1 is 0.979 bits per heavy atom. The third kappa shape index (κ3) is 3.42. The van der Waals surface area contributed by atoms with Gasteiger partial charge in [-0.2, -0.15) is 0 Å². The summed E-state index contributed by atoms with van der Waals surface area (Å²) in [4.78, 5) is 67.0. The van der Waals surface area contributed by atoms with Gasteiger partial charge in [-0.05, 0) is 75.2 Å². The molecule has 0 aromatic rings. The standard InChI is InChI=1S/C36H40O11/c1-13(2)8-24(38)46-36(43)20-11-19(20)33(5)22-10-17-16-9-18(16)34(6)26(17)27(25(28(39)30(34)40)14(3)31(41)44-7)35(22)21(12-23(33)36)29(32(42)47-35)45-15(4)37/h8,16,18-20,22-23,27,30,40,43H,9-12H2,1-7H3/b25-14-/t16-,18-,19-,20+,22+,23-,27+,30+,33-,34+,35+,36-/m1/s1. The van der Waals surface area contributed by atoms with Gasteiger partial charge in [-0.15, -0.1) is 0 Å². The normalized spacial score (nSPS) is 47.0. The van der Waals surface area contributed by atoms with Gasteiger partial charge in [-0.25, -0.2) is 14.4 Å². The van der Waals surface area contributed by atoms with E-state index in [9.17, 15) is 34.2 Å². The molecule has 2 N–H and O–H groups in total. The minimum absolute atomic E-state index is 0.00535. The van der Waals surface area contributed by atoms with Gasteiger partial charge in [0.2, 0.25) is 11.5 Å². The van der Waals surface area contributed by atoms with Crippen molar-refractivity contribution in [1.82, 2.24) is 0 Å². The third-order valence-electron chi connectivity index (χ3n) is 13.5. The molecule has 11 nitrogen and oxygen atoms in total. The van der Waals surface area contributed by atoms with Crippen LogP contribution in [-0.2, 0) is 42.9 Å². The molecule has 8 aliphatic rings. The summed E-state index contributed by atoms with van der Waals surface area (Å²) in [6.07, 6.45) is 1.75. The number of ketones is 1. The Hall–Kier alpha value is -3.57. The molecule has 1 aliphatic heterocycles. The number of methoxy groups -OCH3 is 1. The predicted molar refractivity (Wildman–Crippen MR) is 160 cm³/mol. The molecule has 5 fully saturated rings. The number of esters is 4. The second kappa shape index (κ2) is 9.11. The van der Waals surface area contributed by atoms with E-state index in [1.54, 1.807) is 13.8 Å². The average molecular weight is 649 g/mol. The molecule has 8 rings (SSSR count). The zero-order valence-electron chi connectivity index (χ0n) is 27.6. The van der Waals surface area contributed by atoms with Crippen LogP contribution in [0.2, 0.25) is 0 Å². The Balaban J connectivity index is 1.41. The molecule has 0 saturated heterocycles. The molecule has 0 aromatic carbocycles. The van der Waals surface area contributed by atoms with Crippen LogP contribution in [0.15, 0.2) is 45.3 Å². The molecule has 12 atom stereocenters. The van der Waals surface area contributed by atoms with E-state index in [4.69, 9.17) is 18.9 Å². The van der Waals surface area contributed by atoms with Gasteiger partial charge in [-0.3, -0.25) is 9.59 Å². The largest absolute Gasteiger partial charge is 0.466 e. The van der Waals surface area contributed by atoms with Gasteiger partial charge >= 0.3 is 23.9 Å². The number of Topliss-reactive ketones (excluding diaryl/α,β-unsaturated/α-hetero) is 1. The number of aliphatic hydroxyl groups excluding tert-OH is 1. The Bertz CT molecular complexity index is 1760. The molecular formula is C36H40O11. The minimum atomic E-state index is -1.87. The van der Waals surface area contributed by atoms with Crippen LogP contribution in [-0.4, -0.2) is 64.5 Å². The number of hydrogen-bond donors (Lipinski definition) is 2. The molecule has 1 spiro atoms. The van der Waals surface area contributed by atoms with Gasteiger partial charge in [0, 0.05) is 52.9 Å². The number of hydrogen-bond acceptors (Lipinski definition) is 11. The van der Waals surface area contributed by atoms with Gasteiger partial charge in [0.05, 0.1) is 13.0 Å². The number of allylic oxidation sites excluding steroid dienone is 2. The highest BCUT2D eigenvalue weighted by atomic mass is 16.7. The van der Waals surface area contributed by atoms with Crippen molar-refractivity contribution in [2.24, 2.45) is 52.3 Å². The molecule has 0 unspecified atom stereocenters. The molecular weight excluding hydrogens is 608 g/mol. The Labute approximate surface area is 272 Å². The second-order valence-corrected chi connectivity index (χ2v) is 15.7. The third-order valence-corrected chi connectivity index (χ3v) is 13.5. The maximum Gasteiger partial charge on any atom is 0.375 e. The van der Waals surface area contributed by atoms with Gasteiger partial charge < -0.3 is 29.2 Å². The van der Waals surface area contributed by atoms with E-state index in [2.05, 4.69) is 6.92 Å². The summed E-state index contributed by atoms with van der Waals surface area (Å²) in [5.41, 5.74) is -0.299. The molecule has 0 aromatic heterocycles. The number of ether oxygens (including phenoxy) is 4. The van der Waals surface area contributed by atoms with Gasteiger partial charge in [-0.1, -0.05) is 25.0 Å². The quantitative estimate of drug-likeness (QED) is 0.152. The fraction of sp³-hybridized carbons (Fsp3) is 0.639. The van der Waals surface area contributed by atoms with Crippen LogP contribution in [0, 0.1) is 52.3 Å². The van der Waals surface area contributed by atoms with Crippen LogP contribution >= 0.6 is 0 Å². The lowest BCUT2D eigenvalue weighted by molar-refractivity contribution is -0.254. The van der Waals surface area contributed by atoms with Gasteiger partial charge in [0.1, 0.15) is 6.10 Å². The Kier molecular flexibility index (Phi) is 5.96. The van der Waals surface area contributed by atoms with Crippen molar-refractivity contribution in [3.05, 3.63) is 45.3 Å². The van der Waals surface area contributed by atoms with E-state index in [-0.39, 0.29) is 47.0 Å². The first-order valence-corrected chi connectivity index (χ1v) is 16.5. The molecule has 0 radical (unpaired) electrons. The highest BCUT2D eigenvalue weighted by Crippen LogP contribution is 2.83. The highest BCUT2D eigenvalue weighted by molar-refractivity contribution is 6.09. The van der Waals surface area contributed by atoms with Crippen molar-refractivity contribution in [2.75, 3.05) is 7.11 Å². The van der Waals surface area contributed by atoms with E-state index in [0.717, 1.165) is 17.6 Å². The zero-order chi connectivity index (χ0) is 33.9. The smallest absolute Gasteiger partial charge is 0.375 e. The molecule has 5 saturated carbocycles. The minimum Gasteiger partial charge on any atom is -0.466 e. The second-order valence-electron chi connectivity index (χ2n) is 15.7. The average Bonchev–Trinajstić information content (AvgIpc) is 3.90. The predicted octanol–water partition coefficient (Wildman–Crippen LogP) is 2.99. The molecule has 11 heteroatoms. The Morgan fingerprint density at radius 3 is 2.32 bits per heavy atom. The van der Waals surface area contributed by atoms with Crippen LogP contribution in [0.5, 0.6) is 0 Å². The lowest BCUT2D eigenvalue weighted by Crippen LogP contribution is -2.67. The molecule has 0 bridgehead atoms. The first kappa shape index (κ1) is 30.7. The molecule has 47 heavy (non-hydrogen) atoms. The molecule has 7 aliphatic carbocycles. The molecule has 0 amide bonds. The topological polar surface area (TPSA) is 163 Å². The maximum atomic E-state index is 14.4. The van der Waals surface area contributed by atoms with E-state index in [1.165, 1.54) is 27.0 Å². The number of aliphatic hydroxyl groups is 2. The van der Waals surface area contributed by atoms with E-state index in [1.807, 2.05) is 6.92 Å². The first-order chi connectivity index (χ1) is 22.0. The maximum absolute atomic E-state index is 14.4. The van der Waals surface area contributed by atoms with Crippen molar-refractivity contribution < 1.29 is 53.1 Å². The van der Waals surface area contributed by atoms with Gasteiger partial charge in [0.15, 0.2) is 11.4 Å². The summed E-state index contributed by atoms with van der Waals surface area (Å²) >= 11 is 0. The van der Waals surface area contributed by atoms with Crippen LogP contribution in [0.25, 0.3) is 0 Å². The Morgan fingerprint density at radius 2 is 1.68 bits per heavy atom. The van der Waals surface area contributed by atoms with E-state index in [0.29, 0.717) is 24.0 Å². The summed E-state index contributed by atoms with van der Waals surface area (Å²) in [5.74, 6) is -8.33. The number of rotatable bonds is 4. The summed E-state index contributed by atoms with van der Waals surface area (Å²) in [6, 6.07) is 0. The fourth-order valence-corrected chi connectivity index (χ4v) is 11.7. The summed E-state index contributed by atoms with van der Waals surface area (Å²) in [7, 11) is 1.22. The monoisotopic (exact) mass is 648 g/mol. The van der Waals surface area contributed by atoms with Crippen molar-refractivity contribution in [3.8, 4) is 0 Å². The lowest BCUT2D eigenvalue weighted by Gasteiger charge is -2.63. The molecule has 1 heterocycles. The fourth-order valence-electron chi connectivity index (χ4n) is 11.7. The number of carbonyl (C=O) groups excluding carboxylic acids is 5.